The average Bonchev–Trinajstić information content (AvgIpc) is 3.25. The molecule has 0 unspecified atom stereocenters. The van der Waals surface area contributed by atoms with Crippen LogP contribution in [0.5, 0.6) is 0 Å². The molecule has 1 aliphatic carbocycles. The number of pyridine rings is 1. The van der Waals surface area contributed by atoms with E-state index in [1.54, 1.807) is 6.20 Å². The minimum atomic E-state index is 0.109. The number of amides is 1. The Kier molecular flexibility index (Phi) is 3.56. The van der Waals surface area contributed by atoms with Crippen molar-refractivity contribution in [2.45, 2.75) is 51.0 Å². The zero-order chi connectivity index (χ0) is 14.9. The monoisotopic (exact) mass is 298 g/mol. The molecule has 1 aliphatic heterocycles. The second kappa shape index (κ2) is 5.71. The van der Waals surface area contributed by atoms with Crippen LogP contribution < -0.4 is 0 Å². The van der Waals surface area contributed by atoms with E-state index in [0.717, 1.165) is 37.1 Å². The SMILES string of the molecule is O=C(c1cnc2c(c1)ncn2C1CC1)N1CCCCCCC1. The van der Waals surface area contributed by atoms with E-state index in [1.807, 2.05) is 17.3 Å². The molecule has 0 atom stereocenters. The number of nitrogens with zero attached hydrogens (tertiary/aromatic N) is 4. The van der Waals surface area contributed by atoms with E-state index < -0.39 is 0 Å². The molecule has 1 saturated heterocycles. The van der Waals surface area contributed by atoms with Gasteiger partial charge >= 0.3 is 0 Å². The molecule has 0 aromatic carbocycles. The molecule has 0 N–H and O–H groups in total. The molecule has 2 aliphatic rings. The van der Waals surface area contributed by atoms with Crippen molar-refractivity contribution in [2.24, 2.45) is 0 Å². The van der Waals surface area contributed by atoms with E-state index in [0.29, 0.717) is 11.6 Å². The lowest BCUT2D eigenvalue weighted by Crippen LogP contribution is -2.33. The normalized spacial score (nSPS) is 19.9. The van der Waals surface area contributed by atoms with Gasteiger partial charge in [-0.05, 0) is 31.7 Å². The maximum absolute atomic E-state index is 12.7. The van der Waals surface area contributed by atoms with E-state index in [1.165, 1.54) is 32.1 Å². The topological polar surface area (TPSA) is 51.0 Å². The molecule has 1 amide bonds. The van der Waals surface area contributed by atoms with Gasteiger partial charge in [0.1, 0.15) is 5.52 Å². The molecule has 1 saturated carbocycles. The highest BCUT2D eigenvalue weighted by atomic mass is 16.2. The molecule has 22 heavy (non-hydrogen) atoms. The second-order valence-corrected chi connectivity index (χ2v) is 6.51. The van der Waals surface area contributed by atoms with Gasteiger partial charge in [0.15, 0.2) is 5.65 Å². The minimum absolute atomic E-state index is 0.109. The number of rotatable bonds is 2. The maximum atomic E-state index is 12.7. The van der Waals surface area contributed by atoms with E-state index in [9.17, 15) is 4.79 Å². The number of aromatic nitrogens is 3. The summed E-state index contributed by atoms with van der Waals surface area (Å²) >= 11 is 0. The lowest BCUT2D eigenvalue weighted by Gasteiger charge is -2.24. The summed E-state index contributed by atoms with van der Waals surface area (Å²) in [5, 5.41) is 0. The summed E-state index contributed by atoms with van der Waals surface area (Å²) < 4.78 is 2.14. The Morgan fingerprint density at radius 1 is 1.05 bits per heavy atom. The van der Waals surface area contributed by atoms with Crippen LogP contribution in [-0.2, 0) is 0 Å². The fraction of sp³-hybridized carbons (Fsp3) is 0.588. The Morgan fingerprint density at radius 3 is 2.50 bits per heavy atom. The number of hydrogen-bond acceptors (Lipinski definition) is 3. The van der Waals surface area contributed by atoms with E-state index in [2.05, 4.69) is 14.5 Å². The summed E-state index contributed by atoms with van der Waals surface area (Å²) in [4.78, 5) is 23.6. The summed E-state index contributed by atoms with van der Waals surface area (Å²) in [6.07, 6.45) is 12.0. The third-order valence-electron chi connectivity index (χ3n) is 4.74. The first-order valence-corrected chi connectivity index (χ1v) is 8.45. The van der Waals surface area contributed by atoms with Crippen LogP contribution in [0.3, 0.4) is 0 Å². The predicted molar refractivity (Wildman–Crippen MR) is 84.8 cm³/mol. The van der Waals surface area contributed by atoms with Crippen LogP contribution >= 0.6 is 0 Å². The van der Waals surface area contributed by atoms with Crippen molar-refractivity contribution in [3.05, 3.63) is 24.2 Å². The molecule has 116 valence electrons. The lowest BCUT2D eigenvalue weighted by molar-refractivity contribution is 0.0742. The second-order valence-electron chi connectivity index (χ2n) is 6.51. The highest BCUT2D eigenvalue weighted by molar-refractivity contribution is 5.96. The zero-order valence-electron chi connectivity index (χ0n) is 12.9. The van der Waals surface area contributed by atoms with Crippen LogP contribution in [0.1, 0.15) is 61.3 Å². The van der Waals surface area contributed by atoms with Crippen molar-refractivity contribution in [1.29, 1.82) is 0 Å². The van der Waals surface area contributed by atoms with Gasteiger partial charge in [-0.25, -0.2) is 9.97 Å². The fourth-order valence-electron chi connectivity index (χ4n) is 3.29. The molecule has 0 bridgehead atoms. The van der Waals surface area contributed by atoms with Gasteiger partial charge in [-0.3, -0.25) is 4.79 Å². The van der Waals surface area contributed by atoms with Crippen LogP contribution in [0.25, 0.3) is 11.2 Å². The molecule has 3 heterocycles. The average molecular weight is 298 g/mol. The third-order valence-corrected chi connectivity index (χ3v) is 4.74. The van der Waals surface area contributed by atoms with Crippen molar-refractivity contribution in [3.63, 3.8) is 0 Å². The summed E-state index contributed by atoms with van der Waals surface area (Å²) in [5.74, 6) is 0.109. The molecular formula is C17H22N4O. The van der Waals surface area contributed by atoms with Crippen molar-refractivity contribution < 1.29 is 4.79 Å². The quantitative estimate of drug-likeness (QED) is 0.855. The number of hydrogen-bond donors (Lipinski definition) is 0. The van der Waals surface area contributed by atoms with E-state index in [4.69, 9.17) is 0 Å². The first kappa shape index (κ1) is 13.7. The molecule has 2 aromatic heterocycles. The number of imidazole rings is 1. The van der Waals surface area contributed by atoms with Crippen molar-refractivity contribution in [1.82, 2.24) is 19.4 Å². The Bertz CT molecular complexity index is 681. The van der Waals surface area contributed by atoms with Gasteiger partial charge in [0.25, 0.3) is 5.91 Å². The van der Waals surface area contributed by atoms with Gasteiger partial charge in [0.2, 0.25) is 0 Å². The van der Waals surface area contributed by atoms with Crippen molar-refractivity contribution in [3.8, 4) is 0 Å². The van der Waals surface area contributed by atoms with E-state index in [-0.39, 0.29) is 5.91 Å². The Morgan fingerprint density at radius 2 is 1.77 bits per heavy atom. The van der Waals surface area contributed by atoms with Crippen molar-refractivity contribution >= 4 is 17.1 Å². The highest BCUT2D eigenvalue weighted by Gasteiger charge is 2.26. The van der Waals surface area contributed by atoms with Gasteiger partial charge in [-0.15, -0.1) is 0 Å². The minimum Gasteiger partial charge on any atom is -0.339 e. The fourth-order valence-corrected chi connectivity index (χ4v) is 3.29. The van der Waals surface area contributed by atoms with Crippen LogP contribution in [0.15, 0.2) is 18.6 Å². The molecule has 4 rings (SSSR count). The van der Waals surface area contributed by atoms with Crippen molar-refractivity contribution in [2.75, 3.05) is 13.1 Å². The summed E-state index contributed by atoms with van der Waals surface area (Å²) in [6.45, 7) is 1.74. The predicted octanol–water partition coefficient (Wildman–Crippen LogP) is 3.17. The summed E-state index contributed by atoms with van der Waals surface area (Å²) in [6, 6.07) is 2.47. The van der Waals surface area contributed by atoms with Gasteiger partial charge in [0.05, 0.1) is 11.9 Å². The largest absolute Gasteiger partial charge is 0.339 e. The summed E-state index contributed by atoms with van der Waals surface area (Å²) in [5.41, 5.74) is 2.42. The van der Waals surface area contributed by atoms with Crippen LogP contribution in [-0.4, -0.2) is 38.4 Å². The Balaban J connectivity index is 1.58. The molecule has 0 radical (unpaired) electrons. The maximum Gasteiger partial charge on any atom is 0.255 e. The molecule has 0 spiro atoms. The summed E-state index contributed by atoms with van der Waals surface area (Å²) in [7, 11) is 0. The molecular weight excluding hydrogens is 276 g/mol. The molecule has 2 fully saturated rings. The first-order chi connectivity index (χ1) is 10.8. The van der Waals surface area contributed by atoms with Gasteiger partial charge in [0, 0.05) is 25.3 Å². The zero-order valence-corrected chi connectivity index (χ0v) is 12.9. The standard InChI is InChI=1S/C17H22N4O/c22-17(20-8-4-2-1-3-5-9-20)13-10-15-16(18-11-13)21(12-19-15)14-6-7-14/h10-12,14H,1-9H2. The third kappa shape index (κ3) is 2.60. The van der Waals surface area contributed by atoms with Crippen LogP contribution in [0, 0.1) is 0 Å². The Labute approximate surface area is 130 Å². The smallest absolute Gasteiger partial charge is 0.255 e. The first-order valence-electron chi connectivity index (χ1n) is 8.45. The molecule has 5 nitrogen and oxygen atoms in total. The Hall–Kier alpha value is -1.91. The lowest BCUT2D eigenvalue weighted by atomic mass is 10.1. The molecule has 5 heteroatoms. The number of likely N-dealkylation sites (tertiary alicyclic amines) is 1. The van der Waals surface area contributed by atoms with Gasteiger partial charge < -0.3 is 9.47 Å². The highest BCUT2D eigenvalue weighted by Crippen LogP contribution is 2.36. The molecule has 2 aromatic rings. The van der Waals surface area contributed by atoms with Crippen LogP contribution in [0.4, 0.5) is 0 Å². The number of carbonyl (C=O) groups excluding carboxylic acids is 1. The van der Waals surface area contributed by atoms with Gasteiger partial charge in [-0.1, -0.05) is 19.3 Å². The van der Waals surface area contributed by atoms with E-state index >= 15 is 0 Å². The number of fused-ring (bicyclic) bond motifs is 1. The van der Waals surface area contributed by atoms with Gasteiger partial charge in [-0.2, -0.15) is 0 Å². The number of carbonyl (C=O) groups is 1. The van der Waals surface area contributed by atoms with Crippen LogP contribution in [0.2, 0.25) is 0 Å².